The normalized spacial score (nSPS) is 29.6. The molecule has 3 unspecified atom stereocenters. The first-order valence-corrected chi connectivity index (χ1v) is 8.51. The Morgan fingerprint density at radius 2 is 2.25 bits per heavy atom. The number of piperidine rings is 1. The minimum atomic E-state index is -0.0259. The fourth-order valence-corrected chi connectivity index (χ4v) is 4.30. The zero-order chi connectivity index (χ0) is 13.9. The minimum Gasteiger partial charge on any atom is -0.352 e. The average Bonchev–Trinajstić information content (AvgIpc) is 2.49. The fraction of sp³-hybridized carbons (Fsp3) is 0.562. The van der Waals surface area contributed by atoms with Crippen LogP contribution in [0.15, 0.2) is 24.3 Å². The molecule has 2 aliphatic heterocycles. The molecule has 108 valence electrons. The maximum Gasteiger partial charge on any atom is 0.237 e. The number of carbonyl (C=O) groups is 1. The van der Waals surface area contributed by atoms with Crippen LogP contribution >= 0.6 is 11.8 Å². The number of hydrogen-bond acceptors (Lipinski definition) is 3. The summed E-state index contributed by atoms with van der Waals surface area (Å²) < 4.78 is 0. The highest BCUT2D eigenvalue weighted by atomic mass is 32.2. The van der Waals surface area contributed by atoms with Gasteiger partial charge in [0.1, 0.15) is 5.25 Å². The van der Waals surface area contributed by atoms with Crippen molar-refractivity contribution in [3.05, 3.63) is 35.4 Å². The van der Waals surface area contributed by atoms with E-state index in [1.165, 1.54) is 11.1 Å². The summed E-state index contributed by atoms with van der Waals surface area (Å²) in [5.41, 5.74) is 2.55. The number of thioether (sulfide) groups is 1. The Hall–Kier alpha value is -1.00. The summed E-state index contributed by atoms with van der Waals surface area (Å²) in [6.07, 6.45) is 2.11. The predicted octanol–water partition coefficient (Wildman–Crippen LogP) is 2.13. The zero-order valence-electron chi connectivity index (χ0n) is 11.9. The Labute approximate surface area is 124 Å². The molecule has 1 fully saturated rings. The van der Waals surface area contributed by atoms with Gasteiger partial charge in [-0.1, -0.05) is 31.2 Å². The molecule has 1 saturated heterocycles. The topological polar surface area (TPSA) is 41.1 Å². The van der Waals surface area contributed by atoms with Crippen molar-refractivity contribution in [1.82, 2.24) is 10.6 Å². The maximum atomic E-state index is 12.6. The van der Waals surface area contributed by atoms with Crippen LogP contribution in [0.4, 0.5) is 0 Å². The summed E-state index contributed by atoms with van der Waals surface area (Å²) in [5.74, 6) is 1.74. The molecule has 0 bridgehead atoms. The standard InChI is InChI=1S/C16H22N2OS/c1-11-10-17-8-6-14(11)18-16(19)15-13-5-3-2-4-12(13)7-9-20-15/h2-5,11,14-15,17H,6-10H2,1H3,(H,18,19). The van der Waals surface area contributed by atoms with E-state index in [-0.39, 0.29) is 11.2 Å². The largest absolute Gasteiger partial charge is 0.352 e. The van der Waals surface area contributed by atoms with Gasteiger partial charge < -0.3 is 10.6 Å². The van der Waals surface area contributed by atoms with E-state index in [1.807, 2.05) is 6.07 Å². The van der Waals surface area contributed by atoms with Crippen LogP contribution in [-0.2, 0) is 11.2 Å². The Morgan fingerprint density at radius 3 is 3.10 bits per heavy atom. The van der Waals surface area contributed by atoms with Gasteiger partial charge in [0, 0.05) is 6.04 Å². The highest BCUT2D eigenvalue weighted by Crippen LogP contribution is 2.36. The van der Waals surface area contributed by atoms with Crippen LogP contribution in [-0.4, -0.2) is 30.8 Å². The number of hydrogen-bond donors (Lipinski definition) is 2. The molecule has 1 aromatic rings. The number of amides is 1. The second-order valence-corrected chi connectivity index (χ2v) is 7.00. The first kappa shape index (κ1) is 14.0. The van der Waals surface area contributed by atoms with Gasteiger partial charge in [-0.15, -0.1) is 11.8 Å². The van der Waals surface area contributed by atoms with E-state index >= 15 is 0 Å². The smallest absolute Gasteiger partial charge is 0.237 e. The molecule has 20 heavy (non-hydrogen) atoms. The van der Waals surface area contributed by atoms with E-state index < -0.39 is 0 Å². The monoisotopic (exact) mass is 290 g/mol. The molecule has 3 atom stereocenters. The van der Waals surface area contributed by atoms with Gasteiger partial charge in [0.15, 0.2) is 0 Å². The number of aryl methyl sites for hydroxylation is 1. The molecule has 1 aromatic carbocycles. The second-order valence-electron chi connectivity index (χ2n) is 5.78. The maximum absolute atomic E-state index is 12.6. The Morgan fingerprint density at radius 1 is 1.40 bits per heavy atom. The Kier molecular flexibility index (Phi) is 4.32. The van der Waals surface area contributed by atoms with Crippen LogP contribution in [0.3, 0.4) is 0 Å². The van der Waals surface area contributed by atoms with Gasteiger partial charge in [-0.2, -0.15) is 0 Å². The lowest BCUT2D eigenvalue weighted by molar-refractivity contribution is -0.121. The van der Waals surface area contributed by atoms with Gasteiger partial charge in [0.05, 0.1) is 0 Å². The van der Waals surface area contributed by atoms with Crippen LogP contribution in [0.5, 0.6) is 0 Å². The Balaban J connectivity index is 1.72. The van der Waals surface area contributed by atoms with Crippen molar-refractivity contribution in [3.8, 4) is 0 Å². The fourth-order valence-electron chi connectivity index (χ4n) is 3.10. The van der Waals surface area contributed by atoms with Gasteiger partial charge >= 0.3 is 0 Å². The third-order valence-electron chi connectivity index (χ3n) is 4.34. The molecule has 3 rings (SSSR count). The molecule has 0 spiro atoms. The summed E-state index contributed by atoms with van der Waals surface area (Å²) in [7, 11) is 0. The summed E-state index contributed by atoms with van der Waals surface area (Å²) in [4.78, 5) is 12.6. The average molecular weight is 290 g/mol. The van der Waals surface area contributed by atoms with Gasteiger partial charge in [-0.05, 0) is 48.7 Å². The van der Waals surface area contributed by atoms with Gasteiger partial charge in [0.25, 0.3) is 0 Å². The van der Waals surface area contributed by atoms with Crippen molar-refractivity contribution < 1.29 is 4.79 Å². The molecule has 0 radical (unpaired) electrons. The first-order valence-electron chi connectivity index (χ1n) is 7.46. The molecule has 4 heteroatoms. The van der Waals surface area contributed by atoms with E-state index in [9.17, 15) is 4.79 Å². The van der Waals surface area contributed by atoms with Crippen molar-refractivity contribution in [3.63, 3.8) is 0 Å². The highest BCUT2D eigenvalue weighted by Gasteiger charge is 2.30. The summed E-state index contributed by atoms with van der Waals surface area (Å²) in [5, 5.41) is 6.63. The predicted molar refractivity (Wildman–Crippen MR) is 83.9 cm³/mol. The SMILES string of the molecule is CC1CNCCC1NC(=O)C1SCCc2ccccc21. The molecule has 2 heterocycles. The zero-order valence-corrected chi connectivity index (χ0v) is 12.7. The molecule has 0 aromatic heterocycles. The molecule has 0 aliphatic carbocycles. The van der Waals surface area contributed by atoms with Crippen LogP contribution in [0.1, 0.15) is 29.7 Å². The van der Waals surface area contributed by atoms with Crippen molar-refractivity contribution in [2.24, 2.45) is 5.92 Å². The summed E-state index contributed by atoms with van der Waals surface area (Å²) in [6, 6.07) is 8.69. The van der Waals surface area contributed by atoms with E-state index in [0.717, 1.165) is 31.7 Å². The van der Waals surface area contributed by atoms with E-state index in [1.54, 1.807) is 11.8 Å². The lowest BCUT2D eigenvalue weighted by Crippen LogP contribution is -2.49. The van der Waals surface area contributed by atoms with Gasteiger partial charge in [-0.3, -0.25) is 4.79 Å². The molecule has 1 amide bonds. The lowest BCUT2D eigenvalue weighted by Gasteiger charge is -2.32. The second kappa shape index (κ2) is 6.19. The number of benzene rings is 1. The quantitative estimate of drug-likeness (QED) is 0.877. The highest BCUT2D eigenvalue weighted by molar-refractivity contribution is 8.00. The van der Waals surface area contributed by atoms with Crippen LogP contribution in [0.2, 0.25) is 0 Å². The molecular weight excluding hydrogens is 268 g/mol. The lowest BCUT2D eigenvalue weighted by atomic mass is 9.94. The van der Waals surface area contributed by atoms with Crippen molar-refractivity contribution >= 4 is 17.7 Å². The molecular formula is C16H22N2OS. The van der Waals surface area contributed by atoms with Crippen LogP contribution in [0, 0.1) is 5.92 Å². The minimum absolute atomic E-state index is 0.0259. The van der Waals surface area contributed by atoms with E-state index in [0.29, 0.717) is 12.0 Å². The van der Waals surface area contributed by atoms with Gasteiger partial charge in [-0.25, -0.2) is 0 Å². The molecule has 3 nitrogen and oxygen atoms in total. The number of carbonyl (C=O) groups excluding carboxylic acids is 1. The summed E-state index contributed by atoms with van der Waals surface area (Å²) >= 11 is 1.78. The molecule has 2 N–H and O–H groups in total. The number of rotatable bonds is 2. The van der Waals surface area contributed by atoms with Crippen molar-refractivity contribution in [2.45, 2.75) is 31.1 Å². The third-order valence-corrected chi connectivity index (χ3v) is 5.59. The van der Waals surface area contributed by atoms with Crippen LogP contribution in [0.25, 0.3) is 0 Å². The van der Waals surface area contributed by atoms with E-state index in [4.69, 9.17) is 0 Å². The summed E-state index contributed by atoms with van der Waals surface area (Å²) in [6.45, 7) is 4.21. The first-order chi connectivity index (χ1) is 9.75. The van der Waals surface area contributed by atoms with E-state index in [2.05, 4.69) is 35.8 Å². The van der Waals surface area contributed by atoms with Gasteiger partial charge in [0.2, 0.25) is 5.91 Å². The van der Waals surface area contributed by atoms with Crippen molar-refractivity contribution in [1.29, 1.82) is 0 Å². The Bertz CT molecular complexity index is 491. The van der Waals surface area contributed by atoms with Crippen molar-refractivity contribution in [2.75, 3.05) is 18.8 Å². The molecule has 2 aliphatic rings. The number of nitrogens with one attached hydrogen (secondary N) is 2. The molecule has 0 saturated carbocycles. The third kappa shape index (κ3) is 2.86. The number of fused-ring (bicyclic) bond motifs is 1. The van der Waals surface area contributed by atoms with Crippen LogP contribution < -0.4 is 10.6 Å².